The van der Waals surface area contributed by atoms with Gasteiger partial charge in [-0.15, -0.1) is 0 Å². The maximum absolute atomic E-state index is 12.3. The van der Waals surface area contributed by atoms with Gasteiger partial charge in [-0.2, -0.15) is 0 Å². The summed E-state index contributed by atoms with van der Waals surface area (Å²) in [5.41, 5.74) is 2.29. The summed E-state index contributed by atoms with van der Waals surface area (Å²) < 4.78 is 10.1. The fraction of sp³-hybridized carbons (Fsp3) is 0.375. The minimum Gasteiger partial charge on any atom is -0.463 e. The van der Waals surface area contributed by atoms with Crippen LogP contribution in [0.5, 0.6) is 0 Å². The van der Waals surface area contributed by atoms with Crippen LogP contribution in [0.2, 0.25) is 5.02 Å². The molecule has 21 heavy (non-hydrogen) atoms. The highest BCUT2D eigenvalue weighted by atomic mass is 35.5. The monoisotopic (exact) mass is 308 g/mol. The Bertz CT molecular complexity index is 604. The average molecular weight is 309 g/mol. The summed E-state index contributed by atoms with van der Waals surface area (Å²) >= 11 is 6.02. The fourth-order valence-corrected chi connectivity index (χ4v) is 2.58. The number of hydrogen-bond acceptors (Lipinski definition) is 4. The van der Waals surface area contributed by atoms with E-state index < -0.39 is 11.9 Å². The first-order valence-corrected chi connectivity index (χ1v) is 7.32. The molecule has 0 aliphatic heterocycles. The van der Waals surface area contributed by atoms with Crippen molar-refractivity contribution in [1.82, 2.24) is 0 Å². The topological polar surface area (TPSA) is 52.6 Å². The third-order valence-corrected chi connectivity index (χ3v) is 3.52. The standard InChI is InChI=1S/C16H17ClO4/c1-3-20-15(18)12-8-6-10-5-7-11(17)9-13(10)14(12)16(19)21-4-2/h5,7,9H,3-4,6,8H2,1-2H3. The van der Waals surface area contributed by atoms with Crippen molar-refractivity contribution in [2.24, 2.45) is 0 Å². The molecule has 4 nitrogen and oxygen atoms in total. The van der Waals surface area contributed by atoms with Gasteiger partial charge in [-0.25, -0.2) is 9.59 Å². The molecule has 1 aromatic rings. The highest BCUT2D eigenvalue weighted by molar-refractivity contribution is 6.31. The smallest absolute Gasteiger partial charge is 0.339 e. The van der Waals surface area contributed by atoms with Crippen molar-refractivity contribution in [3.63, 3.8) is 0 Å². The van der Waals surface area contributed by atoms with Crippen LogP contribution in [0.15, 0.2) is 23.8 Å². The normalized spacial score (nSPS) is 13.7. The largest absolute Gasteiger partial charge is 0.463 e. The van der Waals surface area contributed by atoms with Gasteiger partial charge in [0.05, 0.1) is 24.4 Å². The first kappa shape index (κ1) is 15.6. The summed E-state index contributed by atoms with van der Waals surface area (Å²) in [7, 11) is 0. The highest BCUT2D eigenvalue weighted by Crippen LogP contribution is 2.34. The molecule has 5 heteroatoms. The Kier molecular flexibility index (Phi) is 5.02. The van der Waals surface area contributed by atoms with Gasteiger partial charge < -0.3 is 9.47 Å². The predicted molar refractivity (Wildman–Crippen MR) is 80.0 cm³/mol. The van der Waals surface area contributed by atoms with Gasteiger partial charge in [0.2, 0.25) is 0 Å². The highest BCUT2D eigenvalue weighted by Gasteiger charge is 2.29. The Labute approximate surface area is 128 Å². The zero-order valence-corrected chi connectivity index (χ0v) is 12.8. The lowest BCUT2D eigenvalue weighted by Crippen LogP contribution is -2.20. The van der Waals surface area contributed by atoms with E-state index in [2.05, 4.69) is 0 Å². The van der Waals surface area contributed by atoms with Crippen LogP contribution >= 0.6 is 11.6 Å². The van der Waals surface area contributed by atoms with E-state index in [1.165, 1.54) is 0 Å². The SMILES string of the molecule is CCOC(=O)C1=C(C(=O)OCC)c2cc(Cl)ccc2CC1. The van der Waals surface area contributed by atoms with Crippen LogP contribution in [-0.2, 0) is 25.5 Å². The molecule has 0 spiro atoms. The number of fused-ring (bicyclic) bond motifs is 1. The Morgan fingerprint density at radius 2 is 1.76 bits per heavy atom. The Morgan fingerprint density at radius 1 is 1.10 bits per heavy atom. The fourth-order valence-electron chi connectivity index (χ4n) is 2.41. The molecule has 0 heterocycles. The molecule has 0 radical (unpaired) electrons. The number of rotatable bonds is 4. The van der Waals surface area contributed by atoms with E-state index in [4.69, 9.17) is 21.1 Å². The predicted octanol–water partition coefficient (Wildman–Crippen LogP) is 3.17. The molecule has 1 aliphatic carbocycles. The zero-order chi connectivity index (χ0) is 15.4. The summed E-state index contributed by atoms with van der Waals surface area (Å²) in [6.07, 6.45) is 1.13. The van der Waals surface area contributed by atoms with Gasteiger partial charge in [-0.1, -0.05) is 17.7 Å². The lowest BCUT2D eigenvalue weighted by Gasteiger charge is -2.21. The molecule has 0 saturated carbocycles. The number of aryl methyl sites for hydroxylation is 1. The van der Waals surface area contributed by atoms with Gasteiger partial charge in [0.1, 0.15) is 0 Å². The first-order chi connectivity index (χ1) is 10.1. The summed E-state index contributed by atoms with van der Waals surface area (Å²) in [5.74, 6) is -0.977. The van der Waals surface area contributed by atoms with Crippen LogP contribution in [0.4, 0.5) is 0 Å². The maximum atomic E-state index is 12.3. The van der Waals surface area contributed by atoms with Gasteiger partial charge in [-0.05, 0) is 49.9 Å². The molecular weight excluding hydrogens is 292 g/mol. The van der Waals surface area contributed by atoms with Crippen molar-refractivity contribution in [1.29, 1.82) is 0 Å². The van der Waals surface area contributed by atoms with Crippen LogP contribution in [0.3, 0.4) is 0 Å². The molecule has 0 N–H and O–H groups in total. The average Bonchev–Trinajstić information content (AvgIpc) is 2.46. The molecule has 112 valence electrons. The molecule has 0 bridgehead atoms. The summed E-state index contributed by atoms with van der Waals surface area (Å²) in [5, 5.41) is 0.514. The number of carbonyl (C=O) groups is 2. The van der Waals surface area contributed by atoms with E-state index >= 15 is 0 Å². The van der Waals surface area contributed by atoms with Crippen molar-refractivity contribution in [3.8, 4) is 0 Å². The molecule has 0 unspecified atom stereocenters. The van der Waals surface area contributed by atoms with E-state index in [0.29, 0.717) is 29.0 Å². The van der Waals surface area contributed by atoms with Crippen LogP contribution in [0.25, 0.3) is 5.57 Å². The molecule has 0 amide bonds. The first-order valence-electron chi connectivity index (χ1n) is 6.94. The molecule has 2 rings (SSSR count). The van der Waals surface area contributed by atoms with Gasteiger partial charge in [0, 0.05) is 5.02 Å². The Hall–Kier alpha value is -1.81. The molecular formula is C16H17ClO4. The van der Waals surface area contributed by atoms with E-state index in [1.54, 1.807) is 26.0 Å². The number of esters is 2. The minimum absolute atomic E-state index is 0.244. The van der Waals surface area contributed by atoms with Crippen molar-refractivity contribution in [3.05, 3.63) is 39.9 Å². The molecule has 0 saturated heterocycles. The number of halogens is 1. The molecule has 1 aliphatic rings. The second-order valence-electron chi connectivity index (χ2n) is 4.60. The minimum atomic E-state index is -0.510. The summed E-state index contributed by atoms with van der Waals surface area (Å²) in [4.78, 5) is 24.4. The van der Waals surface area contributed by atoms with Crippen LogP contribution in [-0.4, -0.2) is 25.2 Å². The molecule has 0 atom stereocenters. The van der Waals surface area contributed by atoms with Gasteiger partial charge in [0.25, 0.3) is 0 Å². The third-order valence-electron chi connectivity index (χ3n) is 3.29. The van der Waals surface area contributed by atoms with E-state index in [-0.39, 0.29) is 18.8 Å². The second kappa shape index (κ2) is 6.76. The van der Waals surface area contributed by atoms with Crippen molar-refractivity contribution in [2.45, 2.75) is 26.7 Å². The van der Waals surface area contributed by atoms with Crippen molar-refractivity contribution < 1.29 is 19.1 Å². The molecule has 0 fully saturated rings. The number of ether oxygens (including phenoxy) is 2. The lowest BCUT2D eigenvalue weighted by molar-refractivity contribution is -0.140. The van der Waals surface area contributed by atoms with Crippen molar-refractivity contribution >= 4 is 29.1 Å². The number of carbonyl (C=O) groups excluding carboxylic acids is 2. The molecule has 0 aromatic heterocycles. The summed E-state index contributed by atoms with van der Waals surface area (Å²) in [6.45, 7) is 3.97. The quantitative estimate of drug-likeness (QED) is 0.802. The van der Waals surface area contributed by atoms with Crippen LogP contribution in [0, 0.1) is 0 Å². The van der Waals surface area contributed by atoms with E-state index in [1.807, 2.05) is 6.07 Å². The van der Waals surface area contributed by atoms with Gasteiger partial charge in [-0.3, -0.25) is 0 Å². The van der Waals surface area contributed by atoms with Gasteiger partial charge >= 0.3 is 11.9 Å². The maximum Gasteiger partial charge on any atom is 0.339 e. The summed E-state index contributed by atoms with van der Waals surface area (Å²) in [6, 6.07) is 5.35. The number of benzene rings is 1. The second-order valence-corrected chi connectivity index (χ2v) is 5.03. The number of hydrogen-bond donors (Lipinski definition) is 0. The van der Waals surface area contributed by atoms with Crippen LogP contribution in [0.1, 0.15) is 31.4 Å². The van der Waals surface area contributed by atoms with Gasteiger partial charge in [0.15, 0.2) is 0 Å². The molecule has 1 aromatic carbocycles. The van der Waals surface area contributed by atoms with Crippen LogP contribution < -0.4 is 0 Å². The van der Waals surface area contributed by atoms with E-state index in [0.717, 1.165) is 5.56 Å². The lowest BCUT2D eigenvalue weighted by atomic mass is 9.85. The van der Waals surface area contributed by atoms with E-state index in [9.17, 15) is 9.59 Å². The third kappa shape index (κ3) is 3.27. The Balaban J connectivity index is 2.56. The van der Waals surface area contributed by atoms with Crippen molar-refractivity contribution in [2.75, 3.05) is 13.2 Å². The Morgan fingerprint density at radius 3 is 2.43 bits per heavy atom. The zero-order valence-electron chi connectivity index (χ0n) is 12.1.